The molecule has 0 aliphatic carbocycles. The topological polar surface area (TPSA) is 59.8 Å². The maximum absolute atomic E-state index is 12.6. The number of nitrogens with zero attached hydrogens (tertiary/aromatic N) is 3. The molecule has 0 saturated carbocycles. The molecule has 0 bridgehead atoms. The molecule has 31 heavy (non-hydrogen) atoms. The fourth-order valence-corrected chi connectivity index (χ4v) is 4.77. The minimum absolute atomic E-state index is 0.0600. The number of hydrogen-bond acceptors (Lipinski definition) is 5. The summed E-state index contributed by atoms with van der Waals surface area (Å²) in [6.45, 7) is 6.11. The van der Waals surface area contributed by atoms with Crippen LogP contribution in [0, 0.1) is 20.8 Å². The second-order valence-electron chi connectivity index (χ2n) is 7.48. The Morgan fingerprint density at radius 3 is 2.52 bits per heavy atom. The van der Waals surface area contributed by atoms with Crippen LogP contribution in [0.4, 0.5) is 5.69 Å². The number of thioether (sulfide) groups is 1. The third-order valence-corrected chi connectivity index (χ3v) is 6.70. The zero-order chi connectivity index (χ0) is 21.8. The van der Waals surface area contributed by atoms with E-state index in [2.05, 4.69) is 64.2 Å². The van der Waals surface area contributed by atoms with E-state index in [0.29, 0.717) is 11.6 Å². The average Bonchev–Trinajstić information content (AvgIpc) is 3.40. The molecule has 0 radical (unpaired) electrons. The molecule has 0 aliphatic rings. The summed E-state index contributed by atoms with van der Waals surface area (Å²) in [7, 11) is 0. The van der Waals surface area contributed by atoms with Gasteiger partial charge in [0.05, 0.1) is 5.75 Å². The average molecular weight is 449 g/mol. The second kappa shape index (κ2) is 9.49. The molecule has 0 unspecified atom stereocenters. The van der Waals surface area contributed by atoms with E-state index in [1.54, 1.807) is 11.3 Å². The van der Waals surface area contributed by atoms with E-state index in [9.17, 15) is 4.79 Å². The first kappa shape index (κ1) is 21.3. The van der Waals surface area contributed by atoms with Gasteiger partial charge in [-0.3, -0.25) is 9.36 Å². The van der Waals surface area contributed by atoms with Gasteiger partial charge in [0.25, 0.3) is 0 Å². The van der Waals surface area contributed by atoms with E-state index in [1.807, 2.05) is 36.6 Å². The molecule has 0 saturated heterocycles. The molecule has 0 spiro atoms. The Labute approximate surface area is 190 Å². The van der Waals surface area contributed by atoms with Crippen molar-refractivity contribution in [1.82, 2.24) is 14.8 Å². The van der Waals surface area contributed by atoms with Crippen molar-refractivity contribution < 1.29 is 4.79 Å². The molecule has 1 amide bonds. The SMILES string of the molecule is Cc1ccc(-n2c(Cc3cccs3)nnc2SCC(=O)Nc2ccc(C)cc2C)cc1. The van der Waals surface area contributed by atoms with Crippen molar-refractivity contribution in [1.29, 1.82) is 0 Å². The highest BCUT2D eigenvalue weighted by atomic mass is 32.2. The fraction of sp³-hybridized carbons (Fsp3) is 0.208. The van der Waals surface area contributed by atoms with Crippen LogP contribution in [-0.4, -0.2) is 26.4 Å². The number of nitrogens with one attached hydrogen (secondary N) is 1. The summed E-state index contributed by atoms with van der Waals surface area (Å²) in [6, 6.07) is 18.4. The Morgan fingerprint density at radius 1 is 1.03 bits per heavy atom. The van der Waals surface area contributed by atoms with Crippen molar-refractivity contribution in [3.8, 4) is 5.69 Å². The molecule has 2 aromatic carbocycles. The van der Waals surface area contributed by atoms with Gasteiger partial charge in [-0.15, -0.1) is 21.5 Å². The molecule has 7 heteroatoms. The van der Waals surface area contributed by atoms with Crippen LogP contribution in [0.5, 0.6) is 0 Å². The van der Waals surface area contributed by atoms with Crippen LogP contribution < -0.4 is 5.32 Å². The molecule has 5 nitrogen and oxygen atoms in total. The van der Waals surface area contributed by atoms with E-state index in [0.717, 1.165) is 22.8 Å². The van der Waals surface area contributed by atoms with Crippen molar-refractivity contribution >= 4 is 34.7 Å². The Balaban J connectivity index is 1.53. The van der Waals surface area contributed by atoms with E-state index in [-0.39, 0.29) is 11.7 Å². The Bertz CT molecular complexity index is 1180. The van der Waals surface area contributed by atoms with Gasteiger partial charge in [0.15, 0.2) is 5.16 Å². The van der Waals surface area contributed by atoms with Crippen molar-refractivity contribution in [2.45, 2.75) is 32.3 Å². The van der Waals surface area contributed by atoms with Gasteiger partial charge >= 0.3 is 0 Å². The minimum Gasteiger partial charge on any atom is -0.325 e. The largest absolute Gasteiger partial charge is 0.325 e. The zero-order valence-electron chi connectivity index (χ0n) is 17.8. The predicted molar refractivity (Wildman–Crippen MR) is 128 cm³/mol. The summed E-state index contributed by atoms with van der Waals surface area (Å²) in [6.07, 6.45) is 0.702. The van der Waals surface area contributed by atoms with Crippen LogP contribution in [0.3, 0.4) is 0 Å². The fourth-order valence-electron chi connectivity index (χ4n) is 3.30. The van der Waals surface area contributed by atoms with Gasteiger partial charge in [-0.2, -0.15) is 0 Å². The molecule has 2 aromatic heterocycles. The lowest BCUT2D eigenvalue weighted by Gasteiger charge is -2.11. The highest BCUT2D eigenvalue weighted by molar-refractivity contribution is 7.99. The molecule has 2 heterocycles. The molecular weight excluding hydrogens is 424 g/mol. The zero-order valence-corrected chi connectivity index (χ0v) is 19.4. The number of thiophene rings is 1. The lowest BCUT2D eigenvalue weighted by molar-refractivity contribution is -0.113. The van der Waals surface area contributed by atoms with Crippen molar-refractivity contribution in [3.63, 3.8) is 0 Å². The molecule has 0 aliphatic heterocycles. The number of aryl methyl sites for hydroxylation is 3. The second-order valence-corrected chi connectivity index (χ2v) is 9.46. The molecular formula is C24H24N4OS2. The van der Waals surface area contributed by atoms with Crippen LogP contribution >= 0.6 is 23.1 Å². The Kier molecular flexibility index (Phi) is 6.53. The number of carbonyl (C=O) groups excluding carboxylic acids is 1. The molecule has 1 N–H and O–H groups in total. The van der Waals surface area contributed by atoms with E-state index < -0.39 is 0 Å². The summed E-state index contributed by atoms with van der Waals surface area (Å²) in [5.41, 5.74) is 5.27. The number of amides is 1. The maximum Gasteiger partial charge on any atom is 0.234 e. The predicted octanol–water partition coefficient (Wildman–Crippen LogP) is 5.58. The van der Waals surface area contributed by atoms with Crippen molar-refractivity contribution in [3.05, 3.63) is 87.4 Å². The van der Waals surface area contributed by atoms with Gasteiger partial charge in [-0.1, -0.05) is 53.2 Å². The summed E-state index contributed by atoms with van der Waals surface area (Å²) >= 11 is 3.10. The smallest absolute Gasteiger partial charge is 0.234 e. The van der Waals surface area contributed by atoms with Crippen LogP contribution in [-0.2, 0) is 11.2 Å². The lowest BCUT2D eigenvalue weighted by atomic mass is 10.1. The number of anilines is 1. The van der Waals surface area contributed by atoms with Gasteiger partial charge < -0.3 is 5.32 Å². The highest BCUT2D eigenvalue weighted by Gasteiger charge is 2.17. The third-order valence-electron chi connectivity index (χ3n) is 4.89. The van der Waals surface area contributed by atoms with Crippen molar-refractivity contribution in [2.24, 2.45) is 0 Å². The quantitative estimate of drug-likeness (QED) is 0.375. The molecule has 0 fully saturated rings. The first-order valence-corrected chi connectivity index (χ1v) is 11.9. The summed E-state index contributed by atoms with van der Waals surface area (Å²) in [4.78, 5) is 13.8. The molecule has 4 aromatic rings. The number of benzene rings is 2. The first-order valence-electron chi connectivity index (χ1n) is 10.0. The van der Waals surface area contributed by atoms with E-state index in [1.165, 1.54) is 27.8 Å². The van der Waals surface area contributed by atoms with Gasteiger partial charge in [0.1, 0.15) is 5.82 Å². The first-order chi connectivity index (χ1) is 15.0. The van der Waals surface area contributed by atoms with E-state index >= 15 is 0 Å². The molecule has 0 atom stereocenters. The molecule has 158 valence electrons. The Hall–Kier alpha value is -2.90. The lowest BCUT2D eigenvalue weighted by Crippen LogP contribution is -2.15. The maximum atomic E-state index is 12.6. The van der Waals surface area contributed by atoms with Crippen LogP contribution in [0.2, 0.25) is 0 Å². The third kappa shape index (κ3) is 5.24. The summed E-state index contributed by atoms with van der Waals surface area (Å²) in [5, 5.41) is 14.6. The van der Waals surface area contributed by atoms with Gasteiger partial charge in [-0.05, 0) is 56.0 Å². The standard InChI is InChI=1S/C24H24N4OS2/c1-16-6-9-19(10-7-16)28-22(14-20-5-4-12-30-20)26-27-24(28)31-15-23(29)25-21-11-8-17(2)13-18(21)3/h4-13H,14-15H2,1-3H3,(H,25,29). The van der Waals surface area contributed by atoms with Crippen LogP contribution in [0.25, 0.3) is 5.69 Å². The number of rotatable bonds is 7. The van der Waals surface area contributed by atoms with Gasteiger partial charge in [-0.25, -0.2) is 0 Å². The number of aromatic nitrogens is 3. The Morgan fingerprint density at radius 2 is 1.81 bits per heavy atom. The highest BCUT2D eigenvalue weighted by Crippen LogP contribution is 2.25. The monoisotopic (exact) mass is 448 g/mol. The molecule has 4 rings (SSSR count). The van der Waals surface area contributed by atoms with Gasteiger partial charge in [0.2, 0.25) is 5.91 Å². The summed E-state index contributed by atoms with van der Waals surface area (Å²) < 4.78 is 2.05. The normalized spacial score (nSPS) is 10.9. The van der Waals surface area contributed by atoms with Crippen LogP contribution in [0.1, 0.15) is 27.4 Å². The van der Waals surface area contributed by atoms with E-state index in [4.69, 9.17) is 0 Å². The number of hydrogen-bond donors (Lipinski definition) is 1. The minimum atomic E-state index is -0.0600. The number of carbonyl (C=O) groups is 1. The summed E-state index contributed by atoms with van der Waals surface area (Å²) in [5.74, 6) is 1.06. The van der Waals surface area contributed by atoms with Gasteiger partial charge in [0, 0.05) is 22.7 Å². The van der Waals surface area contributed by atoms with Crippen LogP contribution in [0.15, 0.2) is 65.1 Å². The van der Waals surface area contributed by atoms with Crippen molar-refractivity contribution in [2.75, 3.05) is 11.1 Å².